The van der Waals surface area contributed by atoms with Crippen molar-refractivity contribution in [2.75, 3.05) is 12.4 Å². The maximum Gasteiger partial charge on any atom is 0.206 e. The first kappa shape index (κ1) is 12.4. The van der Waals surface area contributed by atoms with Gasteiger partial charge in [-0.15, -0.1) is 10.2 Å². The van der Waals surface area contributed by atoms with Gasteiger partial charge < -0.3 is 5.32 Å². The third-order valence-electron chi connectivity index (χ3n) is 2.85. The van der Waals surface area contributed by atoms with Crippen molar-refractivity contribution >= 4 is 39.0 Å². The lowest BCUT2D eigenvalue weighted by atomic mass is 10.1. The molecule has 0 saturated carbocycles. The second-order valence-electron chi connectivity index (χ2n) is 4.05. The molecule has 1 heterocycles. The molecule has 5 heteroatoms. The van der Waals surface area contributed by atoms with Crippen LogP contribution < -0.4 is 5.32 Å². The molecule has 3 rings (SSSR count). The molecule has 0 aliphatic heterocycles. The summed E-state index contributed by atoms with van der Waals surface area (Å²) < 4.78 is 0.997. The van der Waals surface area contributed by atoms with Gasteiger partial charge in [-0.1, -0.05) is 65.6 Å². The van der Waals surface area contributed by atoms with Crippen LogP contribution in [0, 0.1) is 0 Å². The van der Waals surface area contributed by atoms with Crippen molar-refractivity contribution in [3.8, 4) is 0 Å². The van der Waals surface area contributed by atoms with E-state index in [1.54, 1.807) is 23.1 Å². The summed E-state index contributed by atoms with van der Waals surface area (Å²) >= 11 is 3.32. The number of rotatable bonds is 4. The molecule has 1 aromatic heterocycles. The highest BCUT2D eigenvalue weighted by Gasteiger charge is 2.05. The number of nitrogens with one attached hydrogen (secondary N) is 1. The van der Waals surface area contributed by atoms with E-state index in [1.807, 2.05) is 7.05 Å². The number of anilines is 1. The zero-order valence-electron chi connectivity index (χ0n) is 10.5. The van der Waals surface area contributed by atoms with Gasteiger partial charge in [-0.05, 0) is 16.3 Å². The molecule has 0 atom stereocenters. The molecule has 1 N–H and O–H groups in total. The molecule has 0 aliphatic rings. The van der Waals surface area contributed by atoms with Gasteiger partial charge in [0.2, 0.25) is 5.13 Å². The Hall–Kier alpha value is -1.59. The van der Waals surface area contributed by atoms with Crippen LogP contribution in [0.25, 0.3) is 10.8 Å². The van der Waals surface area contributed by atoms with Gasteiger partial charge in [0.05, 0.1) is 0 Å². The highest BCUT2D eigenvalue weighted by Crippen LogP contribution is 2.30. The predicted octanol–water partition coefficient (Wildman–Crippen LogP) is 4.03. The van der Waals surface area contributed by atoms with Crippen molar-refractivity contribution in [1.82, 2.24) is 10.2 Å². The lowest BCUT2D eigenvalue weighted by molar-refractivity contribution is 1.01. The van der Waals surface area contributed by atoms with Crippen LogP contribution in [-0.2, 0) is 5.75 Å². The molecule has 3 aromatic rings. The summed E-state index contributed by atoms with van der Waals surface area (Å²) in [5.74, 6) is 0.916. The van der Waals surface area contributed by atoms with E-state index in [9.17, 15) is 0 Å². The maximum atomic E-state index is 4.15. The van der Waals surface area contributed by atoms with Crippen molar-refractivity contribution in [1.29, 1.82) is 0 Å². The molecule has 0 saturated heterocycles. The number of thioether (sulfide) groups is 1. The standard InChI is InChI=1S/C14H13N3S2/c1-15-13-16-17-14(19-13)18-9-11-7-4-6-10-5-2-3-8-12(10)11/h2-8H,9H2,1H3,(H,15,16). The number of benzene rings is 2. The molecule has 19 heavy (non-hydrogen) atoms. The summed E-state index contributed by atoms with van der Waals surface area (Å²) in [6, 6.07) is 14.9. The molecule has 0 amide bonds. The first-order valence-corrected chi connectivity index (χ1v) is 7.78. The average Bonchev–Trinajstić information content (AvgIpc) is 2.93. The van der Waals surface area contributed by atoms with Crippen LogP contribution in [0.4, 0.5) is 5.13 Å². The van der Waals surface area contributed by atoms with Crippen molar-refractivity contribution in [2.24, 2.45) is 0 Å². The lowest BCUT2D eigenvalue weighted by Gasteiger charge is -2.04. The molecular formula is C14H13N3S2. The molecular weight excluding hydrogens is 274 g/mol. The van der Waals surface area contributed by atoms with Crippen LogP contribution >= 0.6 is 23.1 Å². The fourth-order valence-corrected chi connectivity index (χ4v) is 3.64. The van der Waals surface area contributed by atoms with Crippen molar-refractivity contribution in [3.05, 3.63) is 48.0 Å². The normalized spacial score (nSPS) is 10.8. The predicted molar refractivity (Wildman–Crippen MR) is 83.0 cm³/mol. The number of nitrogens with zero attached hydrogens (tertiary/aromatic N) is 2. The highest BCUT2D eigenvalue weighted by molar-refractivity contribution is 8.00. The van der Waals surface area contributed by atoms with Crippen LogP contribution in [0.2, 0.25) is 0 Å². The summed E-state index contributed by atoms with van der Waals surface area (Å²) in [5, 5.41) is 14.7. The monoisotopic (exact) mass is 287 g/mol. The van der Waals surface area contributed by atoms with Crippen LogP contribution in [0.1, 0.15) is 5.56 Å². The van der Waals surface area contributed by atoms with Gasteiger partial charge in [0.15, 0.2) is 4.34 Å². The first-order chi connectivity index (χ1) is 9.36. The number of hydrogen-bond acceptors (Lipinski definition) is 5. The molecule has 0 spiro atoms. The zero-order valence-corrected chi connectivity index (χ0v) is 12.1. The molecule has 0 aliphatic carbocycles. The van der Waals surface area contributed by atoms with E-state index in [4.69, 9.17) is 0 Å². The minimum Gasteiger partial charge on any atom is -0.363 e. The minimum absolute atomic E-state index is 0.861. The Bertz CT molecular complexity index is 688. The topological polar surface area (TPSA) is 37.8 Å². The van der Waals surface area contributed by atoms with Gasteiger partial charge in [-0.2, -0.15) is 0 Å². The molecule has 3 nitrogen and oxygen atoms in total. The Morgan fingerprint density at radius 2 is 1.95 bits per heavy atom. The number of fused-ring (bicyclic) bond motifs is 1. The van der Waals surface area contributed by atoms with Crippen molar-refractivity contribution in [2.45, 2.75) is 10.1 Å². The summed E-state index contributed by atoms with van der Waals surface area (Å²) in [7, 11) is 1.86. The highest BCUT2D eigenvalue weighted by atomic mass is 32.2. The third kappa shape index (κ3) is 2.72. The third-order valence-corrected chi connectivity index (χ3v) is 4.97. The Morgan fingerprint density at radius 1 is 1.11 bits per heavy atom. The summed E-state index contributed by atoms with van der Waals surface area (Å²) in [6.07, 6.45) is 0. The molecule has 2 aromatic carbocycles. The number of hydrogen-bond donors (Lipinski definition) is 1. The largest absolute Gasteiger partial charge is 0.363 e. The van der Waals surface area contributed by atoms with E-state index >= 15 is 0 Å². The van der Waals surface area contributed by atoms with Gasteiger partial charge in [0, 0.05) is 12.8 Å². The molecule has 0 unspecified atom stereocenters. The Labute approximate surface area is 120 Å². The summed E-state index contributed by atoms with van der Waals surface area (Å²) in [5.41, 5.74) is 1.34. The SMILES string of the molecule is CNc1nnc(SCc2cccc3ccccc23)s1. The molecule has 0 bridgehead atoms. The van der Waals surface area contributed by atoms with E-state index in [0.29, 0.717) is 0 Å². The van der Waals surface area contributed by atoms with Crippen LogP contribution in [-0.4, -0.2) is 17.2 Å². The van der Waals surface area contributed by atoms with Gasteiger partial charge >= 0.3 is 0 Å². The van der Waals surface area contributed by atoms with Crippen molar-refractivity contribution in [3.63, 3.8) is 0 Å². The first-order valence-electron chi connectivity index (χ1n) is 5.97. The quantitative estimate of drug-likeness (QED) is 0.735. The van der Waals surface area contributed by atoms with Gasteiger partial charge in [-0.3, -0.25) is 0 Å². The average molecular weight is 287 g/mol. The zero-order chi connectivity index (χ0) is 13.1. The van der Waals surface area contributed by atoms with Gasteiger partial charge in [0.25, 0.3) is 0 Å². The lowest BCUT2D eigenvalue weighted by Crippen LogP contribution is -1.84. The smallest absolute Gasteiger partial charge is 0.206 e. The Morgan fingerprint density at radius 3 is 2.79 bits per heavy atom. The second-order valence-corrected chi connectivity index (χ2v) is 6.25. The Kier molecular flexibility index (Phi) is 3.66. The summed E-state index contributed by atoms with van der Waals surface area (Å²) in [4.78, 5) is 0. The second kappa shape index (κ2) is 5.59. The van der Waals surface area contributed by atoms with Crippen LogP contribution in [0.3, 0.4) is 0 Å². The van der Waals surface area contributed by atoms with E-state index < -0.39 is 0 Å². The fraction of sp³-hybridized carbons (Fsp3) is 0.143. The number of aromatic nitrogens is 2. The van der Waals surface area contributed by atoms with E-state index in [1.165, 1.54) is 16.3 Å². The van der Waals surface area contributed by atoms with E-state index in [2.05, 4.69) is 58.0 Å². The molecule has 96 valence electrons. The summed E-state index contributed by atoms with van der Waals surface area (Å²) in [6.45, 7) is 0. The molecule has 0 radical (unpaired) electrons. The van der Waals surface area contributed by atoms with Crippen LogP contribution in [0.15, 0.2) is 46.8 Å². The fourth-order valence-electron chi connectivity index (χ4n) is 1.93. The molecule has 0 fully saturated rings. The van der Waals surface area contributed by atoms with Crippen LogP contribution in [0.5, 0.6) is 0 Å². The van der Waals surface area contributed by atoms with E-state index in [-0.39, 0.29) is 0 Å². The van der Waals surface area contributed by atoms with E-state index in [0.717, 1.165) is 15.2 Å². The van der Waals surface area contributed by atoms with Gasteiger partial charge in [-0.25, -0.2) is 0 Å². The van der Waals surface area contributed by atoms with Gasteiger partial charge in [0.1, 0.15) is 0 Å². The maximum absolute atomic E-state index is 4.15. The minimum atomic E-state index is 0.861. The Balaban J connectivity index is 1.81. The van der Waals surface area contributed by atoms with Crippen molar-refractivity contribution < 1.29 is 0 Å².